The van der Waals surface area contributed by atoms with E-state index in [0.717, 1.165) is 25.2 Å². The number of aromatic nitrogens is 2. The van der Waals surface area contributed by atoms with Crippen molar-refractivity contribution < 1.29 is 5.11 Å². The van der Waals surface area contributed by atoms with Crippen LogP contribution in [0.15, 0.2) is 12.3 Å². The van der Waals surface area contributed by atoms with E-state index in [0.29, 0.717) is 5.92 Å². The summed E-state index contributed by atoms with van der Waals surface area (Å²) < 4.78 is 0. The average Bonchev–Trinajstić information content (AvgIpc) is 2.64. The van der Waals surface area contributed by atoms with Crippen LogP contribution in [-0.4, -0.2) is 28.0 Å². The largest absolute Gasteiger partial charge is 0.393 e. The van der Waals surface area contributed by atoms with Crippen LogP contribution in [0.2, 0.25) is 0 Å². The van der Waals surface area contributed by atoms with Crippen LogP contribution < -0.4 is 5.32 Å². The lowest BCUT2D eigenvalue weighted by atomic mass is 10.0. The van der Waals surface area contributed by atoms with E-state index in [1.807, 2.05) is 19.9 Å². The van der Waals surface area contributed by atoms with Gasteiger partial charge in [0, 0.05) is 18.4 Å². The van der Waals surface area contributed by atoms with Crippen LogP contribution in [0.1, 0.15) is 26.0 Å². The molecular formula is C10H19N3O. The number of hydrogen-bond donors (Lipinski definition) is 3. The summed E-state index contributed by atoms with van der Waals surface area (Å²) in [6.07, 6.45) is 2.33. The minimum Gasteiger partial charge on any atom is -0.393 e. The quantitative estimate of drug-likeness (QED) is 0.594. The monoisotopic (exact) mass is 197 g/mol. The summed E-state index contributed by atoms with van der Waals surface area (Å²) in [6, 6.07) is 1.94. The molecule has 14 heavy (non-hydrogen) atoms. The molecule has 0 saturated heterocycles. The highest BCUT2D eigenvalue weighted by molar-refractivity contribution is 4.96. The number of aliphatic hydroxyl groups is 1. The average molecular weight is 197 g/mol. The van der Waals surface area contributed by atoms with Crippen molar-refractivity contribution in [2.75, 3.05) is 6.54 Å². The first-order valence-electron chi connectivity index (χ1n) is 5.07. The van der Waals surface area contributed by atoms with Crippen LogP contribution in [0.25, 0.3) is 0 Å². The van der Waals surface area contributed by atoms with Gasteiger partial charge in [-0.05, 0) is 24.9 Å². The zero-order chi connectivity index (χ0) is 10.4. The minimum absolute atomic E-state index is 0.204. The molecule has 1 atom stereocenters. The van der Waals surface area contributed by atoms with E-state index in [4.69, 9.17) is 0 Å². The molecule has 3 N–H and O–H groups in total. The number of aliphatic hydroxyl groups excluding tert-OH is 1. The molecule has 80 valence electrons. The Bertz CT molecular complexity index is 234. The van der Waals surface area contributed by atoms with E-state index in [-0.39, 0.29) is 6.10 Å². The fourth-order valence-corrected chi connectivity index (χ4v) is 1.19. The normalized spacial score (nSPS) is 13.4. The number of nitrogens with zero attached hydrogens (tertiary/aromatic N) is 1. The molecule has 0 aliphatic carbocycles. The van der Waals surface area contributed by atoms with Crippen molar-refractivity contribution in [2.45, 2.75) is 32.9 Å². The summed E-state index contributed by atoms with van der Waals surface area (Å²) in [4.78, 5) is 0. The molecule has 0 aliphatic heterocycles. The van der Waals surface area contributed by atoms with Gasteiger partial charge in [0.05, 0.1) is 6.10 Å². The number of hydrogen-bond acceptors (Lipinski definition) is 3. The summed E-state index contributed by atoms with van der Waals surface area (Å²) in [5.41, 5.74) is 1.07. The van der Waals surface area contributed by atoms with Gasteiger partial charge in [0.15, 0.2) is 0 Å². The second-order valence-corrected chi connectivity index (χ2v) is 3.86. The first kappa shape index (κ1) is 11.2. The molecule has 0 bridgehead atoms. The van der Waals surface area contributed by atoms with Crippen LogP contribution in [0.5, 0.6) is 0 Å². The molecule has 4 nitrogen and oxygen atoms in total. The molecule has 0 aromatic carbocycles. The smallest absolute Gasteiger partial charge is 0.0575 e. The van der Waals surface area contributed by atoms with E-state index in [2.05, 4.69) is 15.5 Å². The summed E-state index contributed by atoms with van der Waals surface area (Å²) in [5.74, 6) is 0.337. The Morgan fingerprint density at radius 2 is 2.36 bits per heavy atom. The molecule has 0 aliphatic rings. The number of H-pyrrole nitrogens is 1. The first-order valence-corrected chi connectivity index (χ1v) is 5.07. The molecule has 0 saturated carbocycles. The van der Waals surface area contributed by atoms with Gasteiger partial charge in [-0.25, -0.2) is 0 Å². The predicted molar refractivity (Wildman–Crippen MR) is 55.8 cm³/mol. The van der Waals surface area contributed by atoms with Crippen LogP contribution in [-0.2, 0) is 6.54 Å². The topological polar surface area (TPSA) is 60.9 Å². The van der Waals surface area contributed by atoms with Crippen LogP contribution in [0.4, 0.5) is 0 Å². The van der Waals surface area contributed by atoms with Crippen molar-refractivity contribution >= 4 is 0 Å². The van der Waals surface area contributed by atoms with E-state index in [9.17, 15) is 5.11 Å². The molecule has 1 aromatic heterocycles. The van der Waals surface area contributed by atoms with Gasteiger partial charge >= 0.3 is 0 Å². The fourth-order valence-electron chi connectivity index (χ4n) is 1.19. The van der Waals surface area contributed by atoms with E-state index in [1.165, 1.54) is 0 Å². The van der Waals surface area contributed by atoms with Crippen molar-refractivity contribution in [3.8, 4) is 0 Å². The highest BCUT2D eigenvalue weighted by atomic mass is 16.3. The molecular weight excluding hydrogens is 178 g/mol. The zero-order valence-corrected chi connectivity index (χ0v) is 8.83. The standard InChI is InChI=1S/C10H19N3O/c1-8(2)10(14)4-5-11-7-9-3-6-12-13-9/h3,6,8,10-11,14H,4-5,7H2,1-2H3,(H,12,13). The number of nitrogens with one attached hydrogen (secondary N) is 2. The Morgan fingerprint density at radius 3 is 2.93 bits per heavy atom. The molecule has 4 heteroatoms. The van der Waals surface area contributed by atoms with Gasteiger partial charge in [-0.1, -0.05) is 13.8 Å². The van der Waals surface area contributed by atoms with Gasteiger partial charge in [0.2, 0.25) is 0 Å². The lowest BCUT2D eigenvalue weighted by molar-refractivity contribution is 0.116. The second-order valence-electron chi connectivity index (χ2n) is 3.86. The molecule has 1 unspecified atom stereocenters. The Balaban J connectivity index is 2.05. The maximum atomic E-state index is 9.52. The summed E-state index contributed by atoms with van der Waals surface area (Å²) in [5, 5.41) is 19.5. The zero-order valence-electron chi connectivity index (χ0n) is 8.83. The molecule has 0 spiro atoms. The summed E-state index contributed by atoms with van der Waals surface area (Å²) >= 11 is 0. The van der Waals surface area contributed by atoms with Crippen molar-refractivity contribution in [3.05, 3.63) is 18.0 Å². The Hall–Kier alpha value is -0.870. The third-order valence-corrected chi connectivity index (χ3v) is 2.26. The van der Waals surface area contributed by atoms with Gasteiger partial charge in [-0.3, -0.25) is 5.10 Å². The lowest BCUT2D eigenvalue weighted by Crippen LogP contribution is -2.23. The number of aromatic amines is 1. The number of rotatable bonds is 6. The molecule has 1 heterocycles. The summed E-state index contributed by atoms with van der Waals surface area (Å²) in [6.45, 7) is 5.67. The highest BCUT2D eigenvalue weighted by Crippen LogP contribution is 2.04. The first-order chi connectivity index (χ1) is 6.70. The van der Waals surface area contributed by atoms with Gasteiger partial charge in [-0.15, -0.1) is 0 Å². The van der Waals surface area contributed by atoms with E-state index >= 15 is 0 Å². The minimum atomic E-state index is -0.204. The van der Waals surface area contributed by atoms with Crippen molar-refractivity contribution in [2.24, 2.45) is 5.92 Å². The van der Waals surface area contributed by atoms with Gasteiger partial charge in [0.25, 0.3) is 0 Å². The van der Waals surface area contributed by atoms with Crippen molar-refractivity contribution in [3.63, 3.8) is 0 Å². The van der Waals surface area contributed by atoms with E-state index in [1.54, 1.807) is 6.20 Å². The van der Waals surface area contributed by atoms with Crippen LogP contribution >= 0.6 is 0 Å². The highest BCUT2D eigenvalue weighted by Gasteiger charge is 2.07. The van der Waals surface area contributed by atoms with Gasteiger partial charge in [0.1, 0.15) is 0 Å². The SMILES string of the molecule is CC(C)C(O)CCNCc1ccn[nH]1. The van der Waals surface area contributed by atoms with Crippen molar-refractivity contribution in [1.82, 2.24) is 15.5 Å². The summed E-state index contributed by atoms with van der Waals surface area (Å²) in [7, 11) is 0. The van der Waals surface area contributed by atoms with Crippen LogP contribution in [0.3, 0.4) is 0 Å². The van der Waals surface area contributed by atoms with Gasteiger partial charge < -0.3 is 10.4 Å². The predicted octanol–water partition coefficient (Wildman–Crippen LogP) is 0.906. The lowest BCUT2D eigenvalue weighted by Gasteiger charge is -2.14. The Labute approximate surface area is 84.7 Å². The van der Waals surface area contributed by atoms with Crippen LogP contribution in [0, 0.1) is 5.92 Å². The second kappa shape index (κ2) is 5.78. The fraction of sp³-hybridized carbons (Fsp3) is 0.700. The van der Waals surface area contributed by atoms with E-state index < -0.39 is 0 Å². The third kappa shape index (κ3) is 3.89. The molecule has 1 aromatic rings. The van der Waals surface area contributed by atoms with Crippen molar-refractivity contribution in [1.29, 1.82) is 0 Å². The maximum absolute atomic E-state index is 9.52. The molecule has 0 amide bonds. The Morgan fingerprint density at radius 1 is 1.57 bits per heavy atom. The molecule has 1 rings (SSSR count). The third-order valence-electron chi connectivity index (χ3n) is 2.26. The maximum Gasteiger partial charge on any atom is 0.0575 e. The van der Waals surface area contributed by atoms with Gasteiger partial charge in [-0.2, -0.15) is 5.10 Å². The Kier molecular flexibility index (Phi) is 4.62. The molecule has 0 fully saturated rings. The molecule has 0 radical (unpaired) electrons.